The molecule has 0 aromatic rings. The molecule has 424 valence electrons. The number of hydrogen-bond acceptors (Lipinski definition) is 3. The first kappa shape index (κ1) is 70.3. The van der Waals surface area contributed by atoms with E-state index in [0.717, 1.165) is 77.0 Å². The standard InChI is InChI=1S/C66H130O4S/c1-5-9-13-17-21-25-29-31-33-35-37-39-43-47-51-55-59-66(64(69)70,60-56-52-48-44-40-38-36-34-32-30-26-22-18-14-10-6-2)62-71-61-65(63(67)68,57-53-49-45-41-27-23-19-15-11-7-3)58-54-50-46-42-28-24-20-16-12-8-4/h5-62H2,1-4H3,(H,67,68)(H,69,70). The van der Waals surface area contributed by atoms with Crippen molar-refractivity contribution in [3.8, 4) is 0 Å². The number of carboxylic acid groups (broad SMARTS) is 2. The van der Waals surface area contributed by atoms with Gasteiger partial charge in [0.2, 0.25) is 0 Å². The summed E-state index contributed by atoms with van der Waals surface area (Å²) in [5, 5.41) is 22.1. The smallest absolute Gasteiger partial charge is 0.310 e. The van der Waals surface area contributed by atoms with Gasteiger partial charge >= 0.3 is 11.9 Å². The zero-order valence-corrected chi connectivity index (χ0v) is 49.9. The van der Waals surface area contributed by atoms with E-state index in [1.807, 2.05) is 0 Å². The van der Waals surface area contributed by atoms with E-state index < -0.39 is 22.8 Å². The molecule has 0 fully saturated rings. The summed E-state index contributed by atoms with van der Waals surface area (Å²) in [6, 6.07) is 0. The van der Waals surface area contributed by atoms with E-state index in [1.54, 1.807) is 11.8 Å². The Balaban J connectivity index is 5.38. The first-order valence-corrected chi connectivity index (χ1v) is 34.0. The summed E-state index contributed by atoms with van der Waals surface area (Å²) in [6.45, 7) is 9.14. The maximum absolute atomic E-state index is 13.5. The van der Waals surface area contributed by atoms with Gasteiger partial charge in [-0.3, -0.25) is 9.59 Å². The van der Waals surface area contributed by atoms with Gasteiger partial charge in [0.15, 0.2) is 0 Å². The van der Waals surface area contributed by atoms with E-state index >= 15 is 0 Å². The molecule has 0 saturated heterocycles. The van der Waals surface area contributed by atoms with Gasteiger partial charge in [0, 0.05) is 11.5 Å². The van der Waals surface area contributed by atoms with Crippen LogP contribution in [0.4, 0.5) is 0 Å². The summed E-state index contributed by atoms with van der Waals surface area (Å²) in [6.07, 6.45) is 70.4. The Labute approximate surface area is 450 Å². The second-order valence-corrected chi connectivity index (χ2v) is 24.6. The SMILES string of the molecule is CCCCCCCCCCCCCCCCCCC(CCCCCCCCCCCCCCCCCC)(CSCC(CCCCCCCCCCCC)(CCCCCCCCCCCC)C(=O)O)C(=O)O. The molecule has 0 atom stereocenters. The molecule has 0 rings (SSSR count). The maximum atomic E-state index is 13.5. The lowest BCUT2D eigenvalue weighted by atomic mass is 9.79. The normalized spacial score (nSPS) is 12.1. The van der Waals surface area contributed by atoms with Crippen LogP contribution in [0.15, 0.2) is 0 Å². The van der Waals surface area contributed by atoms with Gasteiger partial charge in [-0.25, -0.2) is 0 Å². The topological polar surface area (TPSA) is 74.6 Å². The predicted octanol–water partition coefficient (Wildman–Crippen LogP) is 23.8. The minimum Gasteiger partial charge on any atom is -0.481 e. The van der Waals surface area contributed by atoms with Crippen LogP contribution in [-0.2, 0) is 9.59 Å². The highest BCUT2D eigenvalue weighted by molar-refractivity contribution is 7.99. The summed E-state index contributed by atoms with van der Waals surface area (Å²) in [7, 11) is 0. The van der Waals surface area contributed by atoms with Crippen LogP contribution in [0.3, 0.4) is 0 Å². The Hall–Kier alpha value is -0.710. The molecule has 0 unspecified atom stereocenters. The molecule has 4 nitrogen and oxygen atoms in total. The average Bonchev–Trinajstić information content (AvgIpc) is 3.36. The lowest BCUT2D eigenvalue weighted by Crippen LogP contribution is -2.37. The van der Waals surface area contributed by atoms with Crippen LogP contribution in [-0.4, -0.2) is 33.7 Å². The lowest BCUT2D eigenvalue weighted by molar-refractivity contribution is -0.149. The number of carboxylic acids is 2. The fourth-order valence-electron chi connectivity index (χ4n) is 11.5. The van der Waals surface area contributed by atoms with Gasteiger partial charge in [-0.05, 0) is 25.7 Å². The van der Waals surface area contributed by atoms with Gasteiger partial charge in [-0.15, -0.1) is 0 Å². The molecule has 0 bridgehead atoms. The zero-order valence-electron chi connectivity index (χ0n) is 49.1. The fourth-order valence-corrected chi connectivity index (χ4v) is 13.2. The van der Waals surface area contributed by atoms with Crippen LogP contribution in [0.2, 0.25) is 0 Å². The predicted molar refractivity (Wildman–Crippen MR) is 319 cm³/mol. The van der Waals surface area contributed by atoms with Crippen molar-refractivity contribution in [1.82, 2.24) is 0 Å². The van der Waals surface area contributed by atoms with Crippen LogP contribution in [0.25, 0.3) is 0 Å². The van der Waals surface area contributed by atoms with Crippen molar-refractivity contribution in [2.75, 3.05) is 11.5 Å². The molecule has 0 aliphatic carbocycles. The fraction of sp³-hybridized carbons (Fsp3) is 0.970. The number of carbonyl (C=O) groups is 2. The Morgan fingerprint density at radius 2 is 0.366 bits per heavy atom. The van der Waals surface area contributed by atoms with E-state index in [4.69, 9.17) is 0 Å². The summed E-state index contributed by atoms with van der Waals surface area (Å²) in [5.41, 5.74) is -1.51. The van der Waals surface area contributed by atoms with Crippen LogP contribution in [0.1, 0.15) is 387 Å². The molecule has 0 amide bonds. The van der Waals surface area contributed by atoms with E-state index in [0.29, 0.717) is 11.5 Å². The first-order chi connectivity index (χ1) is 34.8. The highest BCUT2D eigenvalue weighted by Crippen LogP contribution is 2.41. The van der Waals surface area contributed by atoms with Crippen LogP contribution in [0.5, 0.6) is 0 Å². The quantitative estimate of drug-likeness (QED) is 0.0594. The van der Waals surface area contributed by atoms with Gasteiger partial charge in [0.05, 0.1) is 10.8 Å². The molecule has 2 N–H and O–H groups in total. The average molecular weight is 1020 g/mol. The van der Waals surface area contributed by atoms with E-state index in [-0.39, 0.29) is 0 Å². The monoisotopic (exact) mass is 1020 g/mol. The Morgan fingerprint density at radius 3 is 0.493 bits per heavy atom. The van der Waals surface area contributed by atoms with Crippen molar-refractivity contribution < 1.29 is 19.8 Å². The van der Waals surface area contributed by atoms with Crippen molar-refractivity contribution in [2.24, 2.45) is 10.8 Å². The molecule has 71 heavy (non-hydrogen) atoms. The molecule has 0 radical (unpaired) electrons. The Bertz CT molecular complexity index is 1020. The molecule has 0 aliphatic heterocycles. The van der Waals surface area contributed by atoms with E-state index in [9.17, 15) is 19.8 Å². The minimum atomic E-state index is -0.755. The summed E-state index contributed by atoms with van der Waals surface area (Å²) in [4.78, 5) is 26.9. The third-order valence-electron chi connectivity index (χ3n) is 16.7. The Morgan fingerprint density at radius 1 is 0.239 bits per heavy atom. The van der Waals surface area contributed by atoms with Crippen LogP contribution >= 0.6 is 11.8 Å². The Kier molecular flexibility index (Phi) is 55.0. The molecule has 0 spiro atoms. The van der Waals surface area contributed by atoms with Crippen molar-refractivity contribution in [3.63, 3.8) is 0 Å². The number of thioether (sulfide) groups is 1. The number of unbranched alkanes of at least 4 members (excludes halogenated alkanes) is 48. The van der Waals surface area contributed by atoms with Gasteiger partial charge in [0.25, 0.3) is 0 Å². The van der Waals surface area contributed by atoms with Gasteiger partial charge in [-0.2, -0.15) is 11.8 Å². The van der Waals surface area contributed by atoms with Crippen molar-refractivity contribution >= 4 is 23.7 Å². The van der Waals surface area contributed by atoms with Crippen LogP contribution in [0, 0.1) is 10.8 Å². The summed E-state index contributed by atoms with van der Waals surface area (Å²) < 4.78 is 0. The minimum absolute atomic E-state index is 0.560. The molecule has 0 aliphatic rings. The van der Waals surface area contributed by atoms with Crippen molar-refractivity contribution in [2.45, 2.75) is 387 Å². The van der Waals surface area contributed by atoms with Crippen molar-refractivity contribution in [1.29, 1.82) is 0 Å². The molecule has 5 heteroatoms. The molecule has 0 aromatic carbocycles. The summed E-state index contributed by atoms with van der Waals surface area (Å²) in [5.74, 6) is -0.139. The van der Waals surface area contributed by atoms with Crippen molar-refractivity contribution in [3.05, 3.63) is 0 Å². The third kappa shape index (κ3) is 45.2. The second kappa shape index (κ2) is 55.5. The highest BCUT2D eigenvalue weighted by Gasteiger charge is 2.41. The molecule has 0 heterocycles. The van der Waals surface area contributed by atoms with E-state index in [1.165, 1.54) is 283 Å². The third-order valence-corrected chi connectivity index (χ3v) is 18.2. The van der Waals surface area contributed by atoms with E-state index in [2.05, 4.69) is 27.7 Å². The van der Waals surface area contributed by atoms with Gasteiger partial charge in [-0.1, -0.05) is 362 Å². The molecule has 0 saturated carbocycles. The number of rotatable bonds is 62. The first-order valence-electron chi connectivity index (χ1n) is 32.9. The largest absolute Gasteiger partial charge is 0.481 e. The highest BCUT2D eigenvalue weighted by atomic mass is 32.2. The van der Waals surface area contributed by atoms with Gasteiger partial charge in [0.1, 0.15) is 0 Å². The molecular weight excluding hydrogens is 889 g/mol. The number of hydrogen-bond donors (Lipinski definition) is 2. The van der Waals surface area contributed by atoms with Crippen LogP contribution < -0.4 is 0 Å². The maximum Gasteiger partial charge on any atom is 0.310 e. The van der Waals surface area contributed by atoms with Gasteiger partial charge < -0.3 is 10.2 Å². The second-order valence-electron chi connectivity index (χ2n) is 23.6. The summed E-state index contributed by atoms with van der Waals surface area (Å²) >= 11 is 1.70. The lowest BCUT2D eigenvalue weighted by Gasteiger charge is -2.33. The zero-order chi connectivity index (χ0) is 51.9. The molecule has 0 aromatic heterocycles. The molecular formula is C66H130O4S. The number of aliphatic carboxylic acids is 2.